The van der Waals surface area contributed by atoms with E-state index in [4.69, 9.17) is 15.3 Å². The van der Waals surface area contributed by atoms with E-state index < -0.39 is 29.9 Å². The molecule has 0 saturated carbocycles. The van der Waals surface area contributed by atoms with Crippen molar-refractivity contribution in [2.45, 2.75) is 23.2 Å². The molecule has 0 spiro atoms. The first-order chi connectivity index (χ1) is 5.51. The minimum atomic E-state index is -1.75. The lowest BCUT2D eigenvalue weighted by Crippen LogP contribution is -2.58. The topological polar surface area (TPSA) is 101 Å². The molecule has 72 valence electrons. The van der Waals surface area contributed by atoms with Gasteiger partial charge in [0.05, 0.1) is 12.7 Å². The van der Waals surface area contributed by atoms with Crippen molar-refractivity contribution in [3.8, 4) is 0 Å². The lowest BCUT2D eigenvalue weighted by Gasteiger charge is -2.39. The van der Waals surface area contributed by atoms with Gasteiger partial charge in [-0.15, -0.1) is 11.8 Å². The molecule has 0 aromatic carbocycles. The molecule has 0 unspecified atom stereocenters. The fraction of sp³-hybridized carbons (Fsp3) is 1.00. The van der Waals surface area contributed by atoms with Crippen LogP contribution in [-0.4, -0.2) is 61.1 Å². The third kappa shape index (κ3) is 1.59. The van der Waals surface area contributed by atoms with Crippen molar-refractivity contribution in [3.05, 3.63) is 0 Å². The van der Waals surface area contributed by atoms with Crippen LogP contribution in [0.25, 0.3) is 0 Å². The van der Waals surface area contributed by atoms with E-state index in [1.165, 1.54) is 0 Å². The second-order valence-corrected chi connectivity index (χ2v) is 4.15. The summed E-state index contributed by atoms with van der Waals surface area (Å²) in [5.41, 5.74) is 0. The summed E-state index contributed by atoms with van der Waals surface area (Å²) in [6, 6.07) is 0. The molecule has 0 aromatic rings. The zero-order valence-corrected chi connectivity index (χ0v) is 7.11. The van der Waals surface area contributed by atoms with Gasteiger partial charge >= 0.3 is 0 Å². The molecular formula is C6H12O5S. The summed E-state index contributed by atoms with van der Waals surface area (Å²) in [6.45, 7) is -0.650. The van der Waals surface area contributed by atoms with Crippen LogP contribution in [0.15, 0.2) is 0 Å². The van der Waals surface area contributed by atoms with Crippen LogP contribution in [0.1, 0.15) is 0 Å². The predicted octanol–water partition coefficient (Wildman–Crippen LogP) is -2.50. The minimum absolute atomic E-state index is 0.0925. The summed E-state index contributed by atoms with van der Waals surface area (Å²) in [5, 5.41) is 45.5. The monoisotopic (exact) mass is 196 g/mol. The summed E-state index contributed by atoms with van der Waals surface area (Å²) in [5.74, 6) is 0.0925. The fourth-order valence-electron chi connectivity index (χ4n) is 1.03. The maximum Gasteiger partial charge on any atom is 0.161 e. The van der Waals surface area contributed by atoms with Crippen molar-refractivity contribution in [1.29, 1.82) is 0 Å². The van der Waals surface area contributed by atoms with Crippen molar-refractivity contribution in [3.63, 3.8) is 0 Å². The molecule has 0 aliphatic carbocycles. The molecule has 1 rings (SSSR count). The molecule has 1 fully saturated rings. The number of hydrogen-bond donors (Lipinski definition) is 5. The molecule has 1 heterocycles. The molecule has 0 radical (unpaired) electrons. The molecule has 1 saturated heterocycles. The molecule has 1 aliphatic heterocycles. The second kappa shape index (κ2) is 3.49. The van der Waals surface area contributed by atoms with Crippen molar-refractivity contribution in [1.82, 2.24) is 0 Å². The Bertz CT molecular complexity index is 166. The lowest BCUT2D eigenvalue weighted by molar-refractivity contribution is -0.131. The first-order valence-electron chi connectivity index (χ1n) is 3.52. The highest BCUT2D eigenvalue weighted by atomic mass is 32.2. The van der Waals surface area contributed by atoms with Gasteiger partial charge in [-0.1, -0.05) is 0 Å². The Morgan fingerprint density at radius 3 is 2.42 bits per heavy atom. The summed E-state index contributed by atoms with van der Waals surface area (Å²) >= 11 is 0.831. The Morgan fingerprint density at radius 1 is 1.33 bits per heavy atom. The molecule has 6 heteroatoms. The Kier molecular flexibility index (Phi) is 2.97. The Labute approximate surface area is 73.7 Å². The van der Waals surface area contributed by atoms with Gasteiger partial charge in [-0.25, -0.2) is 0 Å². The van der Waals surface area contributed by atoms with Crippen molar-refractivity contribution < 1.29 is 25.5 Å². The van der Waals surface area contributed by atoms with Crippen LogP contribution in [0.2, 0.25) is 0 Å². The fourth-order valence-corrected chi connectivity index (χ4v) is 2.09. The predicted molar refractivity (Wildman–Crippen MR) is 42.5 cm³/mol. The molecule has 4 atom stereocenters. The van der Waals surface area contributed by atoms with Gasteiger partial charge in [0.1, 0.15) is 12.2 Å². The maximum atomic E-state index is 9.43. The van der Waals surface area contributed by atoms with Gasteiger partial charge in [-0.2, -0.15) is 0 Å². The average molecular weight is 196 g/mol. The summed E-state index contributed by atoms with van der Waals surface area (Å²) in [6.07, 6.45) is -3.98. The quantitative estimate of drug-likeness (QED) is 0.318. The largest absolute Gasteiger partial charge is 0.392 e. The average Bonchev–Trinajstić information content (AvgIpc) is 2.09. The van der Waals surface area contributed by atoms with Crippen LogP contribution in [0, 0.1) is 0 Å². The number of hydrogen-bond acceptors (Lipinski definition) is 6. The van der Waals surface area contributed by atoms with Crippen molar-refractivity contribution >= 4 is 11.8 Å². The normalized spacial score (nSPS) is 49.2. The van der Waals surface area contributed by atoms with Crippen molar-refractivity contribution in [2.75, 3.05) is 12.4 Å². The third-order valence-corrected chi connectivity index (χ3v) is 3.29. The smallest absolute Gasteiger partial charge is 0.161 e. The van der Waals surface area contributed by atoms with Crippen LogP contribution in [0.4, 0.5) is 0 Å². The van der Waals surface area contributed by atoms with Crippen LogP contribution in [0.3, 0.4) is 0 Å². The van der Waals surface area contributed by atoms with Crippen molar-refractivity contribution in [2.24, 2.45) is 0 Å². The van der Waals surface area contributed by atoms with E-state index in [-0.39, 0.29) is 5.75 Å². The minimum Gasteiger partial charge on any atom is -0.392 e. The molecule has 0 amide bonds. The first kappa shape index (κ1) is 10.2. The Morgan fingerprint density at radius 2 is 1.92 bits per heavy atom. The van der Waals surface area contributed by atoms with E-state index in [9.17, 15) is 10.2 Å². The molecule has 0 bridgehead atoms. The maximum absolute atomic E-state index is 9.43. The zero-order chi connectivity index (χ0) is 9.35. The van der Waals surface area contributed by atoms with Gasteiger partial charge in [-0.3, -0.25) is 0 Å². The highest BCUT2D eigenvalue weighted by Gasteiger charge is 2.47. The Hall–Kier alpha value is 0.150. The van der Waals surface area contributed by atoms with E-state index in [1.54, 1.807) is 0 Å². The second-order valence-electron chi connectivity index (χ2n) is 2.82. The van der Waals surface area contributed by atoms with E-state index in [0.29, 0.717) is 0 Å². The zero-order valence-electron chi connectivity index (χ0n) is 6.29. The lowest BCUT2D eigenvalue weighted by atomic mass is 10.0. The van der Waals surface area contributed by atoms with E-state index in [1.807, 2.05) is 0 Å². The highest BCUT2D eigenvalue weighted by Crippen LogP contribution is 2.34. The molecule has 0 aromatic heterocycles. The van der Waals surface area contributed by atoms with Gasteiger partial charge in [-0.05, 0) is 0 Å². The van der Waals surface area contributed by atoms with E-state index >= 15 is 0 Å². The highest BCUT2D eigenvalue weighted by molar-refractivity contribution is 8.00. The van der Waals surface area contributed by atoms with Gasteiger partial charge in [0.15, 0.2) is 4.93 Å². The number of aliphatic hydroxyl groups is 5. The molecule has 12 heavy (non-hydrogen) atoms. The van der Waals surface area contributed by atoms with Gasteiger partial charge < -0.3 is 25.5 Å². The summed E-state index contributed by atoms with van der Waals surface area (Å²) in [7, 11) is 0. The Balaban J connectivity index is 2.71. The SMILES string of the molecule is OC[C@]1(O)SC[C@@H](O)[C@H](O)[C@H]1O. The number of thioether (sulfide) groups is 1. The molecule has 1 aliphatic rings. The summed E-state index contributed by atoms with van der Waals surface area (Å²) in [4.78, 5) is -1.75. The van der Waals surface area contributed by atoms with Gasteiger partial charge in [0.2, 0.25) is 0 Å². The number of rotatable bonds is 1. The van der Waals surface area contributed by atoms with E-state index in [2.05, 4.69) is 0 Å². The van der Waals surface area contributed by atoms with Crippen LogP contribution >= 0.6 is 11.8 Å². The number of aliphatic hydroxyl groups excluding tert-OH is 4. The first-order valence-corrected chi connectivity index (χ1v) is 4.51. The van der Waals surface area contributed by atoms with Crippen LogP contribution in [-0.2, 0) is 0 Å². The van der Waals surface area contributed by atoms with E-state index in [0.717, 1.165) is 11.8 Å². The van der Waals surface area contributed by atoms with Gasteiger partial charge in [0, 0.05) is 5.75 Å². The van der Waals surface area contributed by atoms with Crippen LogP contribution in [0.5, 0.6) is 0 Å². The molecule has 5 N–H and O–H groups in total. The van der Waals surface area contributed by atoms with Gasteiger partial charge in [0.25, 0.3) is 0 Å². The van der Waals surface area contributed by atoms with Crippen LogP contribution < -0.4 is 0 Å². The molecule has 5 nitrogen and oxygen atoms in total. The third-order valence-electron chi connectivity index (χ3n) is 1.91. The standard InChI is InChI=1S/C6H12O5S/c7-2-6(11)5(10)4(9)3(8)1-12-6/h3-5,7-11H,1-2H2/t3-,4+,5-,6+/m1/s1. The summed E-state index contributed by atoms with van der Waals surface area (Å²) < 4.78 is 0. The molecular weight excluding hydrogens is 184 g/mol.